The molecule has 0 saturated heterocycles. The van der Waals surface area contributed by atoms with Crippen molar-refractivity contribution >= 4 is 201 Å². The normalized spacial score (nSPS) is 14.0. The number of carbonyl (C=O) groups is 6. The van der Waals surface area contributed by atoms with E-state index >= 15 is 0 Å². The summed E-state index contributed by atoms with van der Waals surface area (Å²) in [6, 6.07) is 53.9. The van der Waals surface area contributed by atoms with Crippen LogP contribution < -0.4 is 22.3 Å². The summed E-state index contributed by atoms with van der Waals surface area (Å²) in [5.74, 6) is -0.495. The molecular weight excluding hydrogens is 2250 g/mol. The molecule has 2 aliphatic heterocycles. The summed E-state index contributed by atoms with van der Waals surface area (Å²) in [6.07, 6.45) is 14.3. The van der Waals surface area contributed by atoms with Crippen LogP contribution in [0.5, 0.6) is 0 Å². The van der Waals surface area contributed by atoms with Crippen molar-refractivity contribution in [2.45, 2.75) is 128 Å². The number of H-pyrrole nitrogens is 4. The SMILES string of the molecule is COC([NH-])=O.COC([NH-])=O.COC([NH-])=O.COC([NH-])=O.COC([NH-])=O.O=[C-]PC1=NC2=C(C1)c1ccc3c4c(ccc3c1CC2)-c1cc2c(cc1CC4)-c1nc(P[C-]=O)[nH]c1CC2.O=[C-]PC1=NC2=C(C1)c1ccc3cc4c(cc3c1CC2)CCc1c-4ccc2c1CCc1[nH]c(P[C-]=O)nc1-2.O=[C-]Pc1nc2c([nH]1)CCc1cc3cc4c(cc3cc1-2)CCc1c-4ccc2c1CCc1[nH]c(P[C-]=O)nc1-2.[CH2-]C(=O)OC.[V+2].[V+2].[V+2].[V+2].[V+2].[V+2]. The van der Waals surface area contributed by atoms with Crippen molar-refractivity contribution in [1.29, 1.82) is 0 Å². The van der Waals surface area contributed by atoms with Gasteiger partial charge in [-0.2, -0.15) is 34.3 Å². The zero-order chi connectivity index (χ0) is 102. The summed E-state index contributed by atoms with van der Waals surface area (Å²) in [7, 11) is 7.00. The summed E-state index contributed by atoms with van der Waals surface area (Å²) in [4.78, 5) is 163. The van der Waals surface area contributed by atoms with Crippen LogP contribution in [0.4, 0.5) is 24.0 Å². The molecule has 9 aromatic carbocycles. The van der Waals surface area contributed by atoms with Gasteiger partial charge in [-0.3, -0.25) is 45.7 Å². The van der Waals surface area contributed by atoms with Crippen LogP contribution in [-0.2, 0) is 276 Å². The first-order valence-corrected chi connectivity index (χ1v) is 51.6. The number of fused-ring (bicyclic) bond motifs is 33. The number of amides is 5. The van der Waals surface area contributed by atoms with Crippen molar-refractivity contribution in [2.24, 2.45) is 9.98 Å². The Labute approximate surface area is 945 Å². The van der Waals surface area contributed by atoms with Gasteiger partial charge in [0.05, 0.1) is 87.7 Å². The number of aromatic nitrogens is 8. The van der Waals surface area contributed by atoms with Crippen LogP contribution in [0.25, 0.3) is 151 Å². The Hall–Kier alpha value is -10.8. The molecule has 13 aromatic rings. The number of allylic oxidation sites excluding steroid dienone is 4. The van der Waals surface area contributed by atoms with Crippen LogP contribution in [0.3, 0.4) is 0 Å². The van der Waals surface area contributed by atoms with E-state index in [4.69, 9.17) is 58.6 Å². The second kappa shape index (κ2) is 55.2. The molecule has 9 aliphatic carbocycles. The van der Waals surface area contributed by atoms with Gasteiger partial charge in [-0.05, 0) is 295 Å². The molecule has 6 atom stereocenters. The second-order valence-corrected chi connectivity index (χ2v) is 40.0. The van der Waals surface area contributed by atoms with Crippen molar-refractivity contribution in [1.82, 2.24) is 39.9 Å². The minimum atomic E-state index is -0.995. The van der Waals surface area contributed by atoms with E-state index in [0.717, 1.165) is 243 Å². The zero-order valence-corrected chi connectivity index (χ0v) is 95.8. The number of imidazole rings is 4. The molecule has 0 saturated carbocycles. The van der Waals surface area contributed by atoms with E-state index in [-0.39, 0.29) is 163 Å². The number of aromatic amines is 4. The maximum absolute atomic E-state index is 10.9. The van der Waals surface area contributed by atoms with Gasteiger partial charge in [0.1, 0.15) is 0 Å². The van der Waals surface area contributed by atoms with Crippen LogP contribution in [0, 0.1) is 6.92 Å². The fourth-order valence-corrected chi connectivity index (χ4v) is 23.8. The van der Waals surface area contributed by atoms with E-state index in [2.05, 4.69) is 164 Å². The fraction of sp³-hybridized carbons (Fsp3) is 0.248. The van der Waals surface area contributed by atoms with Crippen LogP contribution in [0.1, 0.15) is 126 Å². The predicted molar refractivity (Wildman–Crippen MR) is 569 cm³/mol. The number of aliphatic imine (C=N–C) groups is 2. The van der Waals surface area contributed by atoms with Gasteiger partial charge in [-0.25, -0.2) is 73.3 Å². The minimum absolute atomic E-state index is 0. The molecule has 33 nitrogen and oxygen atoms in total. The molecule has 6 heterocycles. The molecular formula is C105H93N15O18P6V6. The topological polar surface area (TPSA) is 519 Å². The third-order valence-corrected chi connectivity index (χ3v) is 30.4. The summed E-state index contributed by atoms with van der Waals surface area (Å²) in [6.45, 7) is 2.90. The molecule has 45 heteroatoms. The number of nitrogens with one attached hydrogen (secondary N) is 9. The molecule has 5 amide bonds. The van der Waals surface area contributed by atoms with Crippen molar-refractivity contribution in [3.8, 4) is 78.4 Å². The molecule has 24 rings (SSSR count). The number of hydrogen-bond donors (Lipinski definition) is 4. The molecule has 150 heavy (non-hydrogen) atoms. The summed E-state index contributed by atoms with van der Waals surface area (Å²) in [5.41, 5.74) is 80.8. The van der Waals surface area contributed by atoms with Crippen LogP contribution in [0.2, 0.25) is 0 Å². The molecule has 6 unspecified atom stereocenters. The van der Waals surface area contributed by atoms with Gasteiger partial charge < -0.3 is 106 Å². The average Bonchev–Trinajstić information content (AvgIpc) is 1.66. The smallest absolute Gasteiger partial charge is 0.632 e. The average molecular weight is 2340 g/mol. The first-order valence-electron chi connectivity index (χ1n) is 45.6. The Balaban J connectivity index is 0.000000198. The van der Waals surface area contributed by atoms with Gasteiger partial charge in [-0.15, -0.1) is 0 Å². The monoisotopic (exact) mass is 2340 g/mol. The quantitative estimate of drug-likeness (QED) is 0.0382. The van der Waals surface area contributed by atoms with Gasteiger partial charge in [0.15, 0.2) is 5.97 Å². The maximum atomic E-state index is 10.9. The Morgan fingerprint density at radius 2 is 0.533 bits per heavy atom. The number of benzene rings is 9. The summed E-state index contributed by atoms with van der Waals surface area (Å²) < 4.78 is 22.9. The van der Waals surface area contributed by atoms with Crippen molar-refractivity contribution in [3.63, 3.8) is 0 Å². The Morgan fingerprint density at radius 3 is 0.920 bits per heavy atom. The third-order valence-electron chi connectivity index (χ3n) is 26.8. The van der Waals surface area contributed by atoms with E-state index in [1.54, 1.807) is 0 Å². The molecule has 11 aliphatic rings. The fourth-order valence-electron chi connectivity index (χ4n) is 20.7. The molecule has 0 spiro atoms. The molecule has 4 aromatic heterocycles. The largest absolute Gasteiger partial charge is 2.00 e. The van der Waals surface area contributed by atoms with Crippen LogP contribution in [0.15, 0.2) is 131 Å². The number of ether oxygens (including phenoxy) is 6. The summed E-state index contributed by atoms with van der Waals surface area (Å²) in [5, 5.41) is 7.92. The van der Waals surface area contributed by atoms with Crippen molar-refractivity contribution in [3.05, 3.63) is 257 Å². The van der Waals surface area contributed by atoms with Crippen molar-refractivity contribution in [2.75, 3.05) is 42.7 Å². The van der Waals surface area contributed by atoms with Gasteiger partial charge >= 0.3 is 111 Å². The minimum Gasteiger partial charge on any atom is -0.632 e. The number of hydrogen-bond acceptors (Lipinski definition) is 24. The van der Waals surface area contributed by atoms with Gasteiger partial charge in [0.2, 0.25) is 30.5 Å². The number of methoxy groups -OCH3 is 6. The molecule has 6 radical (unpaired) electrons. The predicted octanol–water partition coefficient (Wildman–Crippen LogP) is 19.7. The molecule has 0 fully saturated rings. The number of nitrogens with zero attached hydrogens (tertiary/aromatic N) is 6. The van der Waals surface area contributed by atoms with Crippen LogP contribution >= 0.6 is 51.5 Å². The van der Waals surface area contributed by atoms with Gasteiger partial charge in [0, 0.05) is 80.2 Å². The van der Waals surface area contributed by atoms with E-state index in [0.29, 0.717) is 0 Å². The maximum Gasteiger partial charge on any atom is 2.00 e. The number of aryl methyl sites for hydroxylation is 12. The summed E-state index contributed by atoms with van der Waals surface area (Å²) >= 11 is 0. The second-order valence-electron chi connectivity index (χ2n) is 34.2. The van der Waals surface area contributed by atoms with Crippen LogP contribution in [-0.4, -0.2) is 166 Å². The van der Waals surface area contributed by atoms with Gasteiger partial charge in [0.25, 0.3) is 0 Å². The van der Waals surface area contributed by atoms with E-state index < -0.39 is 36.4 Å². The van der Waals surface area contributed by atoms with Gasteiger partial charge in [-0.1, -0.05) is 84.9 Å². The Bertz CT molecular complexity index is 7390. The Kier molecular flexibility index (Phi) is 44.5. The standard InChI is InChI=1S/2C31H23N3O2P2.C30H22N4O2P2.C3H5O2.5C2H5NO2.6V/c35-14-37-29-13-26-23-7-5-19-18-3-1-16-12-25-17(2-9-28-30(25)34-31(33-28)38-15-36)11-24(16)22(18)6-4-20(19)21(23)8-10-27(26)32-29;35-14-37-29-13-26-22-4-2-17-11-24-16(12-25(17)21(22)7-9-27(26)32-29)1-3-18-19-8-10-28-30(23(19)6-5-20(18)24)34-31(33-28)38-15-36;35-13-37-29-32-26-8-6-20-19-3-1-15-9-18-12-24-16(2-7-25-28(24)34-30(31-25)38-14-36)10-17(18)11-23(15)21(19)4-5-22(20)27(26)33-29;1-3(4)5-2;5*1-5-2(3)4;;;;;;/h4-7,11-12,37-38H,1-3,8-10,13H2,(H,33,34);2,4-6,11-12,37-38H,1,3,7-10,13H2,(H,33,34);4-5,9-12,37-38H,1-3,6-8H2,(H,31,34)(H,32,33);1H2,2H3;5*1H3,(H2,3,4);;;;;;/q3*-2;-1;;;;;;6*+2/p-5. The molecule has 9 N–H and O–H groups in total. The zero-order valence-electron chi connectivity index (χ0n) is 81.5. The number of rotatable bonds is 12. The molecule has 756 valence electrons. The van der Waals surface area contributed by atoms with E-state index in [9.17, 15) is 57.5 Å². The van der Waals surface area contributed by atoms with E-state index in [1.165, 1.54) is 195 Å². The van der Waals surface area contributed by atoms with Crippen molar-refractivity contribution < 1.29 is 197 Å². The third kappa shape index (κ3) is 26.6. The first-order chi connectivity index (χ1) is 69.7. The van der Waals surface area contributed by atoms with E-state index in [1.807, 2.05) is 36.2 Å². The number of esters is 1. The number of carbonyl (C=O) groups excluding carboxylic acids is 12. The first kappa shape index (κ1) is 121. The molecule has 0 bridgehead atoms. The Morgan fingerprint density at radius 1 is 0.280 bits per heavy atom.